The van der Waals surface area contributed by atoms with Crippen LogP contribution in [0.4, 0.5) is 0 Å². The van der Waals surface area contributed by atoms with Gasteiger partial charge in [0.2, 0.25) is 0 Å². The molecule has 0 fully saturated rings. The lowest BCUT2D eigenvalue weighted by Gasteiger charge is -2.23. The summed E-state index contributed by atoms with van der Waals surface area (Å²) in [5.41, 5.74) is 5.80. The lowest BCUT2D eigenvalue weighted by atomic mass is 9.81. The molecule has 0 spiro atoms. The summed E-state index contributed by atoms with van der Waals surface area (Å²) in [5.74, 6) is 1.01. The molecule has 28 heavy (non-hydrogen) atoms. The van der Waals surface area contributed by atoms with E-state index in [4.69, 9.17) is 0 Å². The lowest BCUT2D eigenvalue weighted by molar-refractivity contribution is 0.663. The minimum absolute atomic E-state index is 0.474. The quantitative estimate of drug-likeness (QED) is 0.331. The van der Waals surface area contributed by atoms with Crippen LogP contribution in [0.2, 0.25) is 0 Å². The monoisotopic (exact) mass is 364 g/mol. The molecule has 0 heterocycles. The van der Waals surface area contributed by atoms with Crippen molar-refractivity contribution in [1.29, 1.82) is 0 Å². The van der Waals surface area contributed by atoms with Gasteiger partial charge in [-0.1, -0.05) is 111 Å². The van der Waals surface area contributed by atoms with E-state index in [0.29, 0.717) is 11.8 Å². The molecule has 1 atom stereocenters. The van der Waals surface area contributed by atoms with Crippen molar-refractivity contribution in [2.75, 3.05) is 0 Å². The van der Waals surface area contributed by atoms with Gasteiger partial charge in [0.1, 0.15) is 0 Å². The highest BCUT2D eigenvalue weighted by Crippen LogP contribution is 2.32. The molecule has 0 aliphatic rings. The van der Waals surface area contributed by atoms with Gasteiger partial charge in [0.15, 0.2) is 0 Å². The molecule has 0 saturated carbocycles. The van der Waals surface area contributed by atoms with Crippen molar-refractivity contribution in [3.05, 3.63) is 119 Å². The summed E-state index contributed by atoms with van der Waals surface area (Å²) in [6, 6.07) is 35.5. The first-order chi connectivity index (χ1) is 13.7. The SMILES string of the molecule is CC(C)c1ccccc1C(Cc1ccccc1)Cc1ccc2ccccc2c1. The second-order valence-corrected chi connectivity index (χ2v) is 8.06. The van der Waals surface area contributed by atoms with E-state index in [1.165, 1.54) is 33.0 Å². The van der Waals surface area contributed by atoms with Crippen LogP contribution < -0.4 is 0 Å². The highest BCUT2D eigenvalue weighted by atomic mass is 14.2. The minimum Gasteiger partial charge on any atom is -0.0622 e. The van der Waals surface area contributed by atoms with Crippen LogP contribution in [0.25, 0.3) is 10.8 Å². The van der Waals surface area contributed by atoms with Gasteiger partial charge in [0, 0.05) is 0 Å². The zero-order valence-corrected chi connectivity index (χ0v) is 16.8. The highest BCUT2D eigenvalue weighted by Gasteiger charge is 2.18. The van der Waals surface area contributed by atoms with E-state index in [2.05, 4.69) is 111 Å². The van der Waals surface area contributed by atoms with Crippen molar-refractivity contribution in [2.24, 2.45) is 0 Å². The fourth-order valence-corrected chi connectivity index (χ4v) is 4.25. The van der Waals surface area contributed by atoms with Gasteiger partial charge in [0.25, 0.3) is 0 Å². The molecule has 140 valence electrons. The fourth-order valence-electron chi connectivity index (χ4n) is 4.25. The van der Waals surface area contributed by atoms with E-state index < -0.39 is 0 Å². The zero-order valence-electron chi connectivity index (χ0n) is 16.8. The molecule has 0 heteroatoms. The number of rotatable bonds is 6. The normalized spacial score (nSPS) is 12.4. The first-order valence-electron chi connectivity index (χ1n) is 10.3. The summed E-state index contributed by atoms with van der Waals surface area (Å²) in [7, 11) is 0. The third-order valence-corrected chi connectivity index (χ3v) is 5.68. The first-order valence-corrected chi connectivity index (χ1v) is 10.3. The van der Waals surface area contributed by atoms with Crippen LogP contribution in [0.5, 0.6) is 0 Å². The minimum atomic E-state index is 0.474. The Morgan fingerprint density at radius 3 is 1.89 bits per heavy atom. The van der Waals surface area contributed by atoms with Crippen LogP contribution >= 0.6 is 0 Å². The first kappa shape index (κ1) is 18.5. The van der Waals surface area contributed by atoms with E-state index in [-0.39, 0.29) is 0 Å². The van der Waals surface area contributed by atoms with Gasteiger partial charge < -0.3 is 0 Å². The largest absolute Gasteiger partial charge is 0.0622 e. The third kappa shape index (κ3) is 4.17. The number of hydrogen-bond acceptors (Lipinski definition) is 0. The molecule has 4 aromatic rings. The standard InChI is InChI=1S/C28H28/c1-21(2)27-14-8-9-15-28(27)26(18-22-10-4-3-5-11-22)20-23-16-17-24-12-6-7-13-25(24)19-23/h3-17,19,21,26H,18,20H2,1-2H3. The highest BCUT2D eigenvalue weighted by molar-refractivity contribution is 5.83. The molecule has 0 radical (unpaired) electrons. The molecule has 1 unspecified atom stereocenters. The zero-order chi connectivity index (χ0) is 19.3. The molecule has 0 aliphatic heterocycles. The maximum Gasteiger partial charge on any atom is -0.00782 e. The Hall–Kier alpha value is -2.86. The molecular formula is C28H28. The predicted octanol–water partition coefficient (Wildman–Crippen LogP) is 7.53. The second-order valence-electron chi connectivity index (χ2n) is 8.06. The second kappa shape index (κ2) is 8.44. The Balaban J connectivity index is 1.72. The average molecular weight is 365 g/mol. The maximum absolute atomic E-state index is 2.37. The third-order valence-electron chi connectivity index (χ3n) is 5.68. The van der Waals surface area contributed by atoms with Crippen molar-refractivity contribution >= 4 is 10.8 Å². The summed E-state index contributed by atoms with van der Waals surface area (Å²) in [5, 5.41) is 2.64. The van der Waals surface area contributed by atoms with Crippen molar-refractivity contribution in [2.45, 2.75) is 38.5 Å². The summed E-state index contributed by atoms with van der Waals surface area (Å²) >= 11 is 0. The van der Waals surface area contributed by atoms with Crippen LogP contribution in [0, 0.1) is 0 Å². The van der Waals surface area contributed by atoms with E-state index in [0.717, 1.165) is 12.8 Å². The van der Waals surface area contributed by atoms with E-state index in [9.17, 15) is 0 Å². The molecule has 0 nitrogen and oxygen atoms in total. The summed E-state index contributed by atoms with van der Waals surface area (Å²) in [6.07, 6.45) is 2.13. The molecule has 0 N–H and O–H groups in total. The van der Waals surface area contributed by atoms with Gasteiger partial charge in [-0.25, -0.2) is 0 Å². The number of fused-ring (bicyclic) bond motifs is 1. The van der Waals surface area contributed by atoms with Gasteiger partial charge in [-0.15, -0.1) is 0 Å². The van der Waals surface area contributed by atoms with Crippen molar-refractivity contribution in [3.8, 4) is 0 Å². The van der Waals surface area contributed by atoms with Gasteiger partial charge in [0.05, 0.1) is 0 Å². The smallest absolute Gasteiger partial charge is 0.00782 e. The Kier molecular flexibility index (Phi) is 5.58. The molecule has 4 rings (SSSR count). The van der Waals surface area contributed by atoms with Crippen molar-refractivity contribution in [1.82, 2.24) is 0 Å². The predicted molar refractivity (Wildman–Crippen MR) is 121 cm³/mol. The van der Waals surface area contributed by atoms with Gasteiger partial charge in [-0.2, -0.15) is 0 Å². The van der Waals surface area contributed by atoms with Gasteiger partial charge in [-0.3, -0.25) is 0 Å². The summed E-state index contributed by atoms with van der Waals surface area (Å²) in [6.45, 7) is 4.60. The van der Waals surface area contributed by atoms with Crippen LogP contribution in [-0.2, 0) is 12.8 Å². The maximum atomic E-state index is 2.37. The Labute approximate surface area is 168 Å². The van der Waals surface area contributed by atoms with Crippen molar-refractivity contribution in [3.63, 3.8) is 0 Å². The summed E-state index contributed by atoms with van der Waals surface area (Å²) < 4.78 is 0. The number of benzene rings is 4. The van der Waals surface area contributed by atoms with E-state index in [1.54, 1.807) is 0 Å². The van der Waals surface area contributed by atoms with E-state index in [1.807, 2.05) is 0 Å². The Morgan fingerprint density at radius 2 is 1.14 bits per heavy atom. The molecule has 0 aliphatic carbocycles. The van der Waals surface area contributed by atoms with Crippen molar-refractivity contribution < 1.29 is 0 Å². The van der Waals surface area contributed by atoms with Crippen LogP contribution in [-0.4, -0.2) is 0 Å². The molecule has 0 saturated heterocycles. The van der Waals surface area contributed by atoms with Gasteiger partial charge in [-0.05, 0) is 57.7 Å². The van der Waals surface area contributed by atoms with Crippen LogP contribution in [0.1, 0.15) is 47.9 Å². The fraction of sp³-hybridized carbons (Fsp3) is 0.214. The van der Waals surface area contributed by atoms with Gasteiger partial charge >= 0.3 is 0 Å². The van der Waals surface area contributed by atoms with E-state index >= 15 is 0 Å². The molecule has 0 aromatic heterocycles. The molecule has 0 amide bonds. The Bertz CT molecular complexity index is 1040. The molecule has 0 bridgehead atoms. The van der Waals surface area contributed by atoms with Crippen LogP contribution in [0.15, 0.2) is 97.1 Å². The average Bonchev–Trinajstić information content (AvgIpc) is 2.74. The summed E-state index contributed by atoms with van der Waals surface area (Å²) in [4.78, 5) is 0. The Morgan fingerprint density at radius 1 is 0.536 bits per heavy atom. The molecular weight excluding hydrogens is 336 g/mol. The number of hydrogen-bond donors (Lipinski definition) is 0. The topological polar surface area (TPSA) is 0 Å². The van der Waals surface area contributed by atoms with Crippen LogP contribution in [0.3, 0.4) is 0 Å². The molecule has 4 aromatic carbocycles. The lowest BCUT2D eigenvalue weighted by Crippen LogP contribution is -2.10.